The van der Waals surface area contributed by atoms with E-state index in [-0.39, 0.29) is 11.7 Å². The summed E-state index contributed by atoms with van der Waals surface area (Å²) in [4.78, 5) is 15.9. The zero-order valence-electron chi connectivity index (χ0n) is 13.4. The third kappa shape index (κ3) is 4.48. The summed E-state index contributed by atoms with van der Waals surface area (Å²) in [6, 6.07) is 15.6. The Labute approximate surface area is 148 Å². The number of hydrogen-bond donors (Lipinski definition) is 2. The summed E-state index contributed by atoms with van der Waals surface area (Å²) in [5.74, 6) is -0.530. The largest absolute Gasteiger partial charge is 0.316 e. The standard InChI is InChI=1S/C18H15FN4OS/c1-12(24)21-17-16(14-7-9-15(19)10-8-14)22-18(25-17)23-20-11-13-5-3-2-4-6-13/h2-11H,1H3,(H,21,24)(H,22,23). The van der Waals surface area contributed by atoms with Gasteiger partial charge < -0.3 is 5.32 Å². The van der Waals surface area contributed by atoms with Gasteiger partial charge in [-0.25, -0.2) is 9.37 Å². The number of nitrogens with zero attached hydrogens (tertiary/aromatic N) is 2. The molecule has 7 heteroatoms. The number of hydrogen-bond acceptors (Lipinski definition) is 5. The summed E-state index contributed by atoms with van der Waals surface area (Å²) in [5.41, 5.74) is 5.09. The number of carbonyl (C=O) groups excluding carboxylic acids is 1. The molecule has 0 aliphatic carbocycles. The maximum atomic E-state index is 13.1. The van der Waals surface area contributed by atoms with Gasteiger partial charge in [-0.1, -0.05) is 41.7 Å². The second-order valence-electron chi connectivity index (χ2n) is 5.17. The van der Waals surface area contributed by atoms with Crippen LogP contribution in [0.1, 0.15) is 12.5 Å². The fourth-order valence-corrected chi connectivity index (χ4v) is 3.00. The van der Waals surface area contributed by atoms with E-state index in [1.54, 1.807) is 18.3 Å². The molecule has 0 atom stereocenters. The minimum Gasteiger partial charge on any atom is -0.316 e. The number of aromatic nitrogens is 1. The number of anilines is 2. The van der Waals surface area contributed by atoms with Crippen molar-refractivity contribution in [2.75, 3.05) is 10.7 Å². The molecule has 0 spiro atoms. The van der Waals surface area contributed by atoms with Gasteiger partial charge in [-0.15, -0.1) is 0 Å². The van der Waals surface area contributed by atoms with Crippen molar-refractivity contribution in [3.05, 3.63) is 66.0 Å². The molecule has 0 fully saturated rings. The fraction of sp³-hybridized carbons (Fsp3) is 0.0556. The molecule has 0 aliphatic heterocycles. The van der Waals surface area contributed by atoms with E-state index in [0.29, 0.717) is 21.4 Å². The first-order valence-electron chi connectivity index (χ1n) is 7.50. The zero-order chi connectivity index (χ0) is 17.6. The van der Waals surface area contributed by atoms with Gasteiger partial charge in [0.25, 0.3) is 0 Å². The monoisotopic (exact) mass is 354 g/mol. The first-order valence-corrected chi connectivity index (χ1v) is 8.32. The van der Waals surface area contributed by atoms with Crippen LogP contribution in [0.25, 0.3) is 11.3 Å². The summed E-state index contributed by atoms with van der Waals surface area (Å²) in [6.07, 6.45) is 1.68. The van der Waals surface area contributed by atoms with E-state index in [0.717, 1.165) is 5.56 Å². The SMILES string of the molecule is CC(=O)Nc1sc(NN=Cc2ccccc2)nc1-c1ccc(F)cc1. The van der Waals surface area contributed by atoms with Crippen molar-refractivity contribution in [3.8, 4) is 11.3 Å². The number of benzene rings is 2. The Morgan fingerprint density at radius 3 is 2.56 bits per heavy atom. The van der Waals surface area contributed by atoms with Gasteiger partial charge in [0, 0.05) is 12.5 Å². The van der Waals surface area contributed by atoms with E-state index in [2.05, 4.69) is 20.8 Å². The predicted octanol–water partition coefficient (Wildman–Crippen LogP) is 4.35. The topological polar surface area (TPSA) is 66.4 Å². The summed E-state index contributed by atoms with van der Waals surface area (Å²) in [7, 11) is 0. The quantitative estimate of drug-likeness (QED) is 0.529. The molecule has 1 amide bonds. The molecule has 2 N–H and O–H groups in total. The maximum Gasteiger partial charge on any atom is 0.221 e. The minimum absolute atomic E-state index is 0.202. The van der Waals surface area contributed by atoms with Gasteiger partial charge in [-0.2, -0.15) is 5.10 Å². The van der Waals surface area contributed by atoms with Crippen LogP contribution < -0.4 is 10.7 Å². The van der Waals surface area contributed by atoms with Crippen LogP contribution in [0, 0.1) is 5.82 Å². The van der Waals surface area contributed by atoms with E-state index in [1.807, 2.05) is 30.3 Å². The second kappa shape index (κ2) is 7.67. The number of carbonyl (C=O) groups is 1. The molecule has 1 heterocycles. The molecular formula is C18H15FN4OS. The number of nitrogens with one attached hydrogen (secondary N) is 2. The first kappa shape index (κ1) is 16.8. The number of thiazole rings is 1. The van der Waals surface area contributed by atoms with Crippen LogP contribution >= 0.6 is 11.3 Å². The average Bonchev–Trinajstić information content (AvgIpc) is 2.98. The van der Waals surface area contributed by atoms with Gasteiger partial charge in [0.2, 0.25) is 11.0 Å². The highest BCUT2D eigenvalue weighted by Crippen LogP contribution is 2.35. The molecule has 0 aliphatic rings. The normalized spacial score (nSPS) is 10.8. The molecule has 0 bridgehead atoms. The maximum absolute atomic E-state index is 13.1. The van der Waals surface area contributed by atoms with Gasteiger partial charge in [0.1, 0.15) is 16.5 Å². The van der Waals surface area contributed by atoms with Crippen LogP contribution in [0.5, 0.6) is 0 Å². The molecule has 2 aromatic carbocycles. The molecule has 5 nitrogen and oxygen atoms in total. The lowest BCUT2D eigenvalue weighted by molar-refractivity contribution is -0.114. The predicted molar refractivity (Wildman–Crippen MR) is 99.5 cm³/mol. The van der Waals surface area contributed by atoms with Gasteiger partial charge in [0.05, 0.1) is 6.21 Å². The second-order valence-corrected chi connectivity index (χ2v) is 6.16. The Morgan fingerprint density at radius 1 is 1.16 bits per heavy atom. The van der Waals surface area contributed by atoms with Crippen LogP contribution in [0.3, 0.4) is 0 Å². The lowest BCUT2D eigenvalue weighted by Crippen LogP contribution is -2.05. The number of hydrazone groups is 1. The molecule has 126 valence electrons. The Bertz CT molecular complexity index is 891. The smallest absolute Gasteiger partial charge is 0.221 e. The molecule has 25 heavy (non-hydrogen) atoms. The lowest BCUT2D eigenvalue weighted by atomic mass is 10.1. The van der Waals surface area contributed by atoms with E-state index < -0.39 is 0 Å². The van der Waals surface area contributed by atoms with Gasteiger partial charge >= 0.3 is 0 Å². The number of amides is 1. The molecule has 0 saturated carbocycles. The lowest BCUT2D eigenvalue weighted by Gasteiger charge is -2.02. The summed E-state index contributed by atoms with van der Waals surface area (Å²) >= 11 is 1.26. The van der Waals surface area contributed by atoms with E-state index in [9.17, 15) is 9.18 Å². The van der Waals surface area contributed by atoms with Crippen molar-refractivity contribution < 1.29 is 9.18 Å². The van der Waals surface area contributed by atoms with E-state index >= 15 is 0 Å². The van der Waals surface area contributed by atoms with Crippen LogP contribution in [0.4, 0.5) is 14.5 Å². The van der Waals surface area contributed by atoms with Crippen LogP contribution in [0.2, 0.25) is 0 Å². The highest BCUT2D eigenvalue weighted by Gasteiger charge is 2.14. The molecule has 0 saturated heterocycles. The number of halogens is 1. The number of rotatable bonds is 5. The zero-order valence-corrected chi connectivity index (χ0v) is 14.2. The van der Waals surface area contributed by atoms with Crippen LogP contribution in [-0.2, 0) is 4.79 Å². The summed E-state index contributed by atoms with van der Waals surface area (Å²) < 4.78 is 13.1. The van der Waals surface area contributed by atoms with Crippen molar-refractivity contribution in [1.82, 2.24) is 4.98 Å². The van der Waals surface area contributed by atoms with Crippen molar-refractivity contribution in [2.24, 2.45) is 5.10 Å². The van der Waals surface area contributed by atoms with Gasteiger partial charge in [-0.3, -0.25) is 10.2 Å². The highest BCUT2D eigenvalue weighted by atomic mass is 32.1. The minimum atomic E-state index is -0.328. The Balaban J connectivity index is 1.84. The first-order chi connectivity index (χ1) is 12.1. The molecule has 0 unspecified atom stereocenters. The van der Waals surface area contributed by atoms with Crippen molar-refractivity contribution in [2.45, 2.75) is 6.92 Å². The third-order valence-corrected chi connectivity index (χ3v) is 4.08. The third-order valence-electron chi connectivity index (χ3n) is 3.21. The average molecular weight is 354 g/mol. The van der Waals surface area contributed by atoms with Gasteiger partial charge in [-0.05, 0) is 29.8 Å². The fourth-order valence-electron chi connectivity index (χ4n) is 2.12. The summed E-state index contributed by atoms with van der Waals surface area (Å²) in [5, 5.41) is 8.00. The summed E-state index contributed by atoms with van der Waals surface area (Å²) in [6.45, 7) is 1.43. The van der Waals surface area contributed by atoms with Gasteiger partial charge in [0.15, 0.2) is 0 Å². The van der Waals surface area contributed by atoms with E-state index in [4.69, 9.17) is 0 Å². The Hall–Kier alpha value is -3.06. The van der Waals surface area contributed by atoms with Crippen LogP contribution in [-0.4, -0.2) is 17.1 Å². The Morgan fingerprint density at radius 2 is 1.88 bits per heavy atom. The molecule has 3 aromatic rings. The van der Waals surface area contributed by atoms with Crippen molar-refractivity contribution in [1.29, 1.82) is 0 Å². The van der Waals surface area contributed by atoms with Crippen molar-refractivity contribution >= 4 is 33.6 Å². The molecule has 3 rings (SSSR count). The molecule has 1 aromatic heterocycles. The molecular weight excluding hydrogens is 339 g/mol. The van der Waals surface area contributed by atoms with Crippen molar-refractivity contribution in [3.63, 3.8) is 0 Å². The highest BCUT2D eigenvalue weighted by molar-refractivity contribution is 7.20. The Kier molecular flexibility index (Phi) is 5.15. The molecule has 0 radical (unpaired) electrons. The van der Waals surface area contributed by atoms with Crippen LogP contribution in [0.15, 0.2) is 59.7 Å². The van der Waals surface area contributed by atoms with E-state index in [1.165, 1.54) is 30.4 Å².